The minimum atomic E-state index is -0.924. The Morgan fingerprint density at radius 2 is 1.70 bits per heavy atom. The molecular weight excluding hydrogens is 356 g/mol. The predicted molar refractivity (Wildman–Crippen MR) is 110 cm³/mol. The molecule has 0 unspecified atom stereocenters. The first-order chi connectivity index (χ1) is 13.0. The Bertz CT molecular complexity index is 1120. The quantitative estimate of drug-likeness (QED) is 0.485. The third-order valence-corrected chi connectivity index (χ3v) is 5.83. The van der Waals surface area contributed by atoms with Crippen molar-refractivity contribution in [1.82, 2.24) is 9.38 Å². The molecule has 0 aliphatic rings. The highest BCUT2D eigenvalue weighted by Crippen LogP contribution is 2.36. The van der Waals surface area contributed by atoms with E-state index in [2.05, 4.69) is 38.1 Å². The first kappa shape index (κ1) is 17.5. The number of carboxylic acids is 1. The molecule has 0 bridgehead atoms. The molecular formula is C22H20N2O2S. The van der Waals surface area contributed by atoms with Crippen molar-refractivity contribution in [2.75, 3.05) is 0 Å². The molecule has 0 amide bonds. The molecule has 2 aromatic carbocycles. The number of aromatic carboxylic acids is 1. The molecule has 27 heavy (non-hydrogen) atoms. The SMILES string of the molecule is Cc1c(-c2ccc(C(C)C)cc2)nc2sc(C(=O)O)c(-c3ccccc3)n12. The maximum atomic E-state index is 11.8. The van der Waals surface area contributed by atoms with Crippen LogP contribution in [0, 0.1) is 6.92 Å². The van der Waals surface area contributed by atoms with Crippen molar-refractivity contribution < 1.29 is 9.90 Å². The molecule has 0 saturated heterocycles. The van der Waals surface area contributed by atoms with E-state index in [9.17, 15) is 9.90 Å². The molecule has 2 heterocycles. The maximum Gasteiger partial charge on any atom is 0.348 e. The molecule has 1 N–H and O–H groups in total. The molecule has 0 fully saturated rings. The number of carbonyl (C=O) groups is 1. The van der Waals surface area contributed by atoms with E-state index in [0.29, 0.717) is 21.4 Å². The zero-order chi connectivity index (χ0) is 19.1. The van der Waals surface area contributed by atoms with Crippen molar-refractivity contribution in [3.63, 3.8) is 0 Å². The molecule has 0 saturated carbocycles. The fourth-order valence-electron chi connectivity index (χ4n) is 3.35. The minimum absolute atomic E-state index is 0.313. The average Bonchev–Trinajstić information content (AvgIpc) is 3.20. The van der Waals surface area contributed by atoms with E-state index in [4.69, 9.17) is 4.98 Å². The molecule has 5 heteroatoms. The second-order valence-corrected chi connectivity index (χ2v) is 7.87. The standard InChI is InChI=1S/C22H20N2O2S/c1-13(2)15-9-11-16(12-10-15)18-14(3)24-19(17-7-5-4-6-8-17)20(21(25)26)27-22(24)23-18/h4-13H,1-3H3,(H,25,26). The van der Waals surface area contributed by atoms with Gasteiger partial charge >= 0.3 is 5.97 Å². The number of thiazole rings is 1. The van der Waals surface area contributed by atoms with Crippen LogP contribution in [0.15, 0.2) is 54.6 Å². The lowest BCUT2D eigenvalue weighted by molar-refractivity contribution is 0.0702. The summed E-state index contributed by atoms with van der Waals surface area (Å²) >= 11 is 1.22. The van der Waals surface area contributed by atoms with Gasteiger partial charge in [0.25, 0.3) is 0 Å². The summed E-state index contributed by atoms with van der Waals surface area (Å²) in [5.41, 5.74) is 5.75. The van der Waals surface area contributed by atoms with E-state index in [-0.39, 0.29) is 0 Å². The van der Waals surface area contributed by atoms with Crippen LogP contribution in [0.2, 0.25) is 0 Å². The Morgan fingerprint density at radius 1 is 1.04 bits per heavy atom. The Balaban J connectivity index is 1.93. The summed E-state index contributed by atoms with van der Waals surface area (Å²) in [6, 6.07) is 18.1. The molecule has 0 aliphatic carbocycles. The average molecular weight is 376 g/mol. The molecule has 0 radical (unpaired) electrons. The van der Waals surface area contributed by atoms with Crippen molar-refractivity contribution in [2.45, 2.75) is 26.7 Å². The topological polar surface area (TPSA) is 54.6 Å². The highest BCUT2D eigenvalue weighted by molar-refractivity contribution is 7.19. The van der Waals surface area contributed by atoms with Crippen LogP contribution in [0.3, 0.4) is 0 Å². The van der Waals surface area contributed by atoms with Crippen LogP contribution >= 0.6 is 11.3 Å². The number of carboxylic acid groups (broad SMARTS) is 1. The molecule has 4 aromatic rings. The Hall–Kier alpha value is -2.92. The number of rotatable bonds is 4. The summed E-state index contributed by atoms with van der Waals surface area (Å²) in [5, 5.41) is 9.68. The Labute approximate surface area is 161 Å². The number of hydrogen-bond donors (Lipinski definition) is 1. The molecule has 4 nitrogen and oxygen atoms in total. The molecule has 0 atom stereocenters. The molecule has 4 rings (SSSR count). The number of hydrogen-bond acceptors (Lipinski definition) is 3. The second kappa shape index (κ2) is 6.67. The Morgan fingerprint density at radius 3 is 2.30 bits per heavy atom. The van der Waals surface area contributed by atoms with Crippen LogP contribution in [-0.2, 0) is 0 Å². The van der Waals surface area contributed by atoms with Crippen LogP contribution in [0.5, 0.6) is 0 Å². The van der Waals surface area contributed by atoms with Crippen molar-refractivity contribution in [2.24, 2.45) is 0 Å². The summed E-state index contributed by atoms with van der Waals surface area (Å²) in [5.74, 6) is -0.444. The number of fused-ring (bicyclic) bond motifs is 1. The van der Waals surface area contributed by atoms with Crippen molar-refractivity contribution >= 4 is 22.3 Å². The van der Waals surface area contributed by atoms with Crippen LogP contribution < -0.4 is 0 Å². The number of aromatic nitrogens is 2. The van der Waals surface area contributed by atoms with E-state index in [0.717, 1.165) is 22.5 Å². The second-order valence-electron chi connectivity index (χ2n) is 6.89. The first-order valence-corrected chi connectivity index (χ1v) is 9.70. The highest BCUT2D eigenvalue weighted by atomic mass is 32.1. The summed E-state index contributed by atoms with van der Waals surface area (Å²) in [6.45, 7) is 6.34. The van der Waals surface area contributed by atoms with Gasteiger partial charge in [-0.05, 0) is 18.4 Å². The largest absolute Gasteiger partial charge is 0.477 e. The fraction of sp³-hybridized carbons (Fsp3) is 0.182. The lowest BCUT2D eigenvalue weighted by Gasteiger charge is -2.07. The van der Waals surface area contributed by atoms with Crippen molar-refractivity contribution in [3.05, 3.63) is 70.7 Å². The van der Waals surface area contributed by atoms with Gasteiger partial charge in [0.05, 0.1) is 11.4 Å². The van der Waals surface area contributed by atoms with Gasteiger partial charge in [-0.25, -0.2) is 9.78 Å². The predicted octanol–water partition coefficient (Wildman–Crippen LogP) is 5.86. The van der Waals surface area contributed by atoms with Gasteiger partial charge in [0.2, 0.25) is 0 Å². The van der Waals surface area contributed by atoms with Gasteiger partial charge in [0.15, 0.2) is 4.96 Å². The lowest BCUT2D eigenvalue weighted by atomic mass is 10.0. The number of nitrogens with zero attached hydrogens (tertiary/aromatic N) is 2. The highest BCUT2D eigenvalue weighted by Gasteiger charge is 2.24. The lowest BCUT2D eigenvalue weighted by Crippen LogP contribution is -1.99. The number of benzene rings is 2. The van der Waals surface area contributed by atoms with Gasteiger partial charge in [-0.3, -0.25) is 4.40 Å². The normalized spacial score (nSPS) is 11.4. The zero-order valence-corrected chi connectivity index (χ0v) is 16.2. The zero-order valence-electron chi connectivity index (χ0n) is 15.4. The number of imidazole rings is 1. The van der Waals surface area contributed by atoms with Crippen molar-refractivity contribution in [1.29, 1.82) is 0 Å². The van der Waals surface area contributed by atoms with Gasteiger partial charge in [0.1, 0.15) is 4.88 Å². The third kappa shape index (κ3) is 2.94. The van der Waals surface area contributed by atoms with E-state index in [1.165, 1.54) is 16.9 Å². The third-order valence-electron chi connectivity index (χ3n) is 4.80. The van der Waals surface area contributed by atoms with E-state index >= 15 is 0 Å². The molecule has 2 aromatic heterocycles. The summed E-state index contributed by atoms with van der Waals surface area (Å²) in [4.78, 5) is 17.6. The van der Waals surface area contributed by atoms with E-state index in [1.807, 2.05) is 41.7 Å². The minimum Gasteiger partial charge on any atom is -0.477 e. The first-order valence-electron chi connectivity index (χ1n) is 8.88. The number of aryl methyl sites for hydroxylation is 1. The van der Waals surface area contributed by atoms with Gasteiger partial charge in [-0.1, -0.05) is 79.8 Å². The van der Waals surface area contributed by atoms with Crippen LogP contribution in [0.1, 0.15) is 40.7 Å². The monoisotopic (exact) mass is 376 g/mol. The molecule has 0 aliphatic heterocycles. The van der Waals surface area contributed by atoms with Crippen molar-refractivity contribution in [3.8, 4) is 22.5 Å². The van der Waals surface area contributed by atoms with E-state index < -0.39 is 5.97 Å². The summed E-state index contributed by atoms with van der Waals surface area (Å²) in [6.07, 6.45) is 0. The Kier molecular flexibility index (Phi) is 4.32. The van der Waals surface area contributed by atoms with Crippen LogP contribution in [0.4, 0.5) is 0 Å². The van der Waals surface area contributed by atoms with Crippen LogP contribution in [-0.4, -0.2) is 20.5 Å². The summed E-state index contributed by atoms with van der Waals surface area (Å²) < 4.78 is 1.97. The van der Waals surface area contributed by atoms with Gasteiger partial charge in [0, 0.05) is 16.8 Å². The fourth-order valence-corrected chi connectivity index (χ4v) is 4.38. The van der Waals surface area contributed by atoms with Gasteiger partial charge in [-0.2, -0.15) is 0 Å². The maximum absolute atomic E-state index is 11.8. The summed E-state index contributed by atoms with van der Waals surface area (Å²) in [7, 11) is 0. The van der Waals surface area contributed by atoms with Gasteiger partial charge < -0.3 is 5.11 Å². The molecule has 0 spiro atoms. The van der Waals surface area contributed by atoms with Crippen LogP contribution in [0.25, 0.3) is 27.5 Å². The van der Waals surface area contributed by atoms with Gasteiger partial charge in [-0.15, -0.1) is 0 Å². The molecule has 136 valence electrons. The van der Waals surface area contributed by atoms with E-state index in [1.54, 1.807) is 0 Å². The smallest absolute Gasteiger partial charge is 0.348 e.